The normalized spacial score (nSPS) is 11.6. The quantitative estimate of drug-likeness (QED) is 0.728. The molecule has 2 aromatic carbocycles. The van der Waals surface area contributed by atoms with E-state index in [4.69, 9.17) is 11.6 Å². The van der Waals surface area contributed by atoms with Crippen LogP contribution in [0.3, 0.4) is 0 Å². The minimum atomic E-state index is -0.969. The van der Waals surface area contributed by atoms with Gasteiger partial charge in [-0.1, -0.05) is 42.8 Å². The Morgan fingerprint density at radius 1 is 1.04 bits per heavy atom. The molecule has 2 amide bonds. The molecule has 2 rings (SSSR count). The first kappa shape index (κ1) is 18.0. The Balaban J connectivity index is 1.83. The van der Waals surface area contributed by atoms with Gasteiger partial charge in [0, 0.05) is 10.6 Å². The van der Waals surface area contributed by atoms with E-state index in [-0.39, 0.29) is 6.42 Å². The third-order valence-corrected chi connectivity index (χ3v) is 3.83. The van der Waals surface area contributed by atoms with Gasteiger partial charge in [0.1, 0.15) is 0 Å². The van der Waals surface area contributed by atoms with Gasteiger partial charge in [-0.05, 0) is 41.8 Å². The molecule has 0 saturated carbocycles. The predicted molar refractivity (Wildman–Crippen MR) is 92.5 cm³/mol. The van der Waals surface area contributed by atoms with Crippen LogP contribution in [0.4, 0.5) is 0 Å². The second kappa shape index (κ2) is 8.47. The lowest BCUT2D eigenvalue weighted by Gasteiger charge is -2.12. The molecule has 0 spiro atoms. The number of aliphatic hydroxyl groups excluding tert-OH is 1. The summed E-state index contributed by atoms with van der Waals surface area (Å²) in [5.74, 6) is -0.900. The monoisotopic (exact) mass is 346 g/mol. The standard InChI is InChI=1S/C18H19ClN2O3/c1-2-12-3-5-14(6-4-12)18(24)21-20-17(23)11-16(22)13-7-9-15(19)10-8-13/h3-10,16,22H,2,11H2,1H3,(H,20,23)(H,21,24). The van der Waals surface area contributed by atoms with Crippen LogP contribution in [0.5, 0.6) is 0 Å². The van der Waals surface area contributed by atoms with Crippen molar-refractivity contribution in [3.05, 3.63) is 70.2 Å². The number of halogens is 1. The van der Waals surface area contributed by atoms with Gasteiger partial charge in [-0.15, -0.1) is 0 Å². The highest BCUT2D eigenvalue weighted by Gasteiger charge is 2.14. The van der Waals surface area contributed by atoms with Crippen molar-refractivity contribution < 1.29 is 14.7 Å². The van der Waals surface area contributed by atoms with Crippen molar-refractivity contribution in [2.24, 2.45) is 0 Å². The average molecular weight is 347 g/mol. The fourth-order valence-electron chi connectivity index (χ4n) is 2.12. The molecule has 2 aromatic rings. The van der Waals surface area contributed by atoms with E-state index in [1.165, 1.54) is 0 Å². The van der Waals surface area contributed by atoms with Crippen LogP contribution in [0, 0.1) is 0 Å². The number of aryl methyl sites for hydroxylation is 1. The molecule has 1 atom stereocenters. The van der Waals surface area contributed by atoms with Crippen LogP contribution >= 0.6 is 11.6 Å². The molecule has 24 heavy (non-hydrogen) atoms. The van der Waals surface area contributed by atoms with Crippen molar-refractivity contribution in [1.82, 2.24) is 10.9 Å². The van der Waals surface area contributed by atoms with Gasteiger partial charge in [0.25, 0.3) is 5.91 Å². The molecule has 0 aromatic heterocycles. The Labute approximate surface area is 145 Å². The Morgan fingerprint density at radius 2 is 1.67 bits per heavy atom. The van der Waals surface area contributed by atoms with Crippen LogP contribution in [0.15, 0.2) is 48.5 Å². The molecule has 5 nitrogen and oxygen atoms in total. The van der Waals surface area contributed by atoms with Crippen LogP contribution < -0.4 is 10.9 Å². The molecule has 0 bridgehead atoms. The summed E-state index contributed by atoms with van der Waals surface area (Å²) in [5.41, 5.74) is 6.78. The maximum absolute atomic E-state index is 11.9. The van der Waals surface area contributed by atoms with Gasteiger partial charge in [0.05, 0.1) is 12.5 Å². The summed E-state index contributed by atoms with van der Waals surface area (Å²) in [5, 5.41) is 10.6. The molecule has 0 aliphatic heterocycles. The molecular weight excluding hydrogens is 328 g/mol. The van der Waals surface area contributed by atoms with Crippen molar-refractivity contribution in [3.63, 3.8) is 0 Å². The lowest BCUT2D eigenvalue weighted by atomic mass is 10.1. The van der Waals surface area contributed by atoms with Gasteiger partial charge in [0.15, 0.2) is 0 Å². The number of amides is 2. The third-order valence-electron chi connectivity index (χ3n) is 3.57. The number of rotatable bonds is 5. The zero-order valence-corrected chi connectivity index (χ0v) is 14.0. The number of hydrogen-bond acceptors (Lipinski definition) is 3. The Bertz CT molecular complexity index is 699. The van der Waals surface area contributed by atoms with Gasteiger partial charge >= 0.3 is 0 Å². The number of hydrazine groups is 1. The molecule has 0 saturated heterocycles. The Kier molecular flexibility index (Phi) is 6.35. The molecule has 0 fully saturated rings. The predicted octanol–water partition coefficient (Wildman–Crippen LogP) is 2.79. The van der Waals surface area contributed by atoms with Crippen LogP contribution in [0.25, 0.3) is 0 Å². The summed E-state index contributed by atoms with van der Waals surface area (Å²) in [6.45, 7) is 2.03. The van der Waals surface area contributed by atoms with E-state index in [2.05, 4.69) is 10.9 Å². The van der Waals surface area contributed by atoms with E-state index in [9.17, 15) is 14.7 Å². The topological polar surface area (TPSA) is 78.4 Å². The van der Waals surface area contributed by atoms with E-state index >= 15 is 0 Å². The second-order valence-corrected chi connectivity index (χ2v) is 5.76. The van der Waals surface area contributed by atoms with E-state index in [1.807, 2.05) is 19.1 Å². The zero-order valence-electron chi connectivity index (χ0n) is 13.3. The second-order valence-electron chi connectivity index (χ2n) is 5.32. The average Bonchev–Trinajstić information content (AvgIpc) is 2.60. The van der Waals surface area contributed by atoms with Crippen LogP contribution in [-0.2, 0) is 11.2 Å². The number of nitrogens with one attached hydrogen (secondary N) is 2. The molecule has 0 radical (unpaired) electrons. The minimum absolute atomic E-state index is 0.170. The van der Waals surface area contributed by atoms with Crippen molar-refractivity contribution in [2.45, 2.75) is 25.9 Å². The maximum atomic E-state index is 11.9. The molecule has 6 heteroatoms. The fraction of sp³-hybridized carbons (Fsp3) is 0.222. The molecule has 3 N–H and O–H groups in total. The highest BCUT2D eigenvalue weighted by Crippen LogP contribution is 2.18. The van der Waals surface area contributed by atoms with Gasteiger partial charge in [-0.2, -0.15) is 0 Å². The summed E-state index contributed by atoms with van der Waals surface area (Å²) in [4.78, 5) is 23.8. The highest BCUT2D eigenvalue weighted by atomic mass is 35.5. The third kappa shape index (κ3) is 5.08. The maximum Gasteiger partial charge on any atom is 0.269 e. The van der Waals surface area contributed by atoms with Crippen LogP contribution in [0.1, 0.15) is 40.9 Å². The first-order valence-corrected chi connectivity index (χ1v) is 7.99. The molecule has 126 valence electrons. The number of carbonyl (C=O) groups excluding carboxylic acids is 2. The van der Waals surface area contributed by atoms with Crippen molar-refractivity contribution in [3.8, 4) is 0 Å². The van der Waals surface area contributed by atoms with E-state index in [1.54, 1.807) is 36.4 Å². The summed E-state index contributed by atoms with van der Waals surface area (Å²) in [6, 6.07) is 13.7. The molecule has 0 aliphatic rings. The SMILES string of the molecule is CCc1ccc(C(=O)NNC(=O)CC(O)c2ccc(Cl)cc2)cc1. The Hall–Kier alpha value is -2.37. The van der Waals surface area contributed by atoms with Gasteiger partial charge in [-0.3, -0.25) is 20.4 Å². The first-order valence-electron chi connectivity index (χ1n) is 7.61. The van der Waals surface area contributed by atoms with E-state index < -0.39 is 17.9 Å². The molecule has 0 aliphatic carbocycles. The lowest BCUT2D eigenvalue weighted by molar-refractivity contribution is -0.123. The van der Waals surface area contributed by atoms with Crippen molar-refractivity contribution in [1.29, 1.82) is 0 Å². The summed E-state index contributed by atoms with van der Waals surface area (Å²) < 4.78 is 0. The van der Waals surface area contributed by atoms with Crippen LogP contribution in [-0.4, -0.2) is 16.9 Å². The number of hydrogen-bond donors (Lipinski definition) is 3. The zero-order chi connectivity index (χ0) is 17.5. The van der Waals surface area contributed by atoms with Gasteiger partial charge in [0.2, 0.25) is 5.91 Å². The highest BCUT2D eigenvalue weighted by molar-refractivity contribution is 6.30. The largest absolute Gasteiger partial charge is 0.388 e. The van der Waals surface area contributed by atoms with Crippen molar-refractivity contribution in [2.75, 3.05) is 0 Å². The summed E-state index contributed by atoms with van der Waals surface area (Å²) in [7, 11) is 0. The fourth-order valence-corrected chi connectivity index (χ4v) is 2.25. The number of benzene rings is 2. The van der Waals surface area contributed by atoms with Crippen molar-refractivity contribution >= 4 is 23.4 Å². The first-order chi connectivity index (χ1) is 11.5. The van der Waals surface area contributed by atoms with Crippen LogP contribution in [0.2, 0.25) is 5.02 Å². The summed E-state index contributed by atoms with van der Waals surface area (Å²) >= 11 is 5.78. The molecular formula is C18H19ClN2O3. The lowest BCUT2D eigenvalue weighted by Crippen LogP contribution is -2.42. The van der Waals surface area contributed by atoms with E-state index in [0.29, 0.717) is 16.1 Å². The van der Waals surface area contributed by atoms with E-state index in [0.717, 1.165) is 12.0 Å². The summed E-state index contributed by atoms with van der Waals surface area (Å²) in [6.07, 6.45) is -0.249. The number of aliphatic hydroxyl groups is 1. The number of carbonyl (C=O) groups is 2. The smallest absolute Gasteiger partial charge is 0.269 e. The minimum Gasteiger partial charge on any atom is -0.388 e. The van der Waals surface area contributed by atoms with Gasteiger partial charge in [-0.25, -0.2) is 0 Å². The molecule has 1 unspecified atom stereocenters. The molecule has 0 heterocycles. The van der Waals surface area contributed by atoms with Gasteiger partial charge < -0.3 is 5.11 Å². The Morgan fingerprint density at radius 3 is 2.25 bits per heavy atom.